The molecule has 0 aliphatic heterocycles. The third kappa shape index (κ3) is 4.89. The monoisotopic (exact) mass is 392 g/mol. The van der Waals surface area contributed by atoms with Gasteiger partial charge in [0.15, 0.2) is 0 Å². The number of likely N-dealkylation sites (N-methyl/N-ethyl adjacent to an activating group) is 1. The van der Waals surface area contributed by atoms with Crippen molar-refractivity contribution in [1.82, 2.24) is 20.0 Å². The van der Waals surface area contributed by atoms with Crippen LogP contribution in [0.2, 0.25) is 0 Å². The SMILES string of the molecule is COc1cccc(C(CNC(=O)c2ccc(=O)n(-c3ccccc3)n2)N(C)C)c1. The first-order valence-electron chi connectivity index (χ1n) is 9.24. The molecule has 7 heteroatoms. The Labute approximate surface area is 169 Å². The summed E-state index contributed by atoms with van der Waals surface area (Å²) in [4.78, 5) is 26.9. The smallest absolute Gasteiger partial charge is 0.271 e. The topological polar surface area (TPSA) is 76.5 Å². The van der Waals surface area contributed by atoms with Crippen molar-refractivity contribution in [3.63, 3.8) is 0 Å². The fraction of sp³-hybridized carbons (Fsp3) is 0.227. The molecule has 1 heterocycles. The van der Waals surface area contributed by atoms with E-state index in [1.54, 1.807) is 19.2 Å². The molecule has 29 heavy (non-hydrogen) atoms. The number of methoxy groups -OCH3 is 1. The Hall–Kier alpha value is -3.45. The summed E-state index contributed by atoms with van der Waals surface area (Å²) >= 11 is 0. The van der Waals surface area contributed by atoms with Crippen LogP contribution in [-0.2, 0) is 0 Å². The van der Waals surface area contributed by atoms with Crippen LogP contribution in [0.1, 0.15) is 22.1 Å². The summed E-state index contributed by atoms with van der Waals surface area (Å²) in [5.74, 6) is 0.418. The van der Waals surface area contributed by atoms with Gasteiger partial charge in [-0.05, 0) is 50.0 Å². The lowest BCUT2D eigenvalue weighted by Gasteiger charge is -2.25. The molecule has 1 aromatic heterocycles. The summed E-state index contributed by atoms with van der Waals surface area (Å²) in [6.07, 6.45) is 0. The van der Waals surface area contributed by atoms with E-state index in [1.165, 1.54) is 16.8 Å². The number of aromatic nitrogens is 2. The molecule has 1 atom stereocenters. The van der Waals surface area contributed by atoms with Gasteiger partial charge < -0.3 is 15.0 Å². The zero-order valence-corrected chi connectivity index (χ0v) is 16.7. The molecule has 3 rings (SSSR count). The van der Waals surface area contributed by atoms with Gasteiger partial charge in [0.2, 0.25) is 0 Å². The minimum atomic E-state index is -0.343. The maximum absolute atomic E-state index is 12.7. The fourth-order valence-electron chi connectivity index (χ4n) is 3.01. The molecule has 0 fully saturated rings. The minimum Gasteiger partial charge on any atom is -0.497 e. The van der Waals surface area contributed by atoms with E-state index < -0.39 is 0 Å². The van der Waals surface area contributed by atoms with Gasteiger partial charge >= 0.3 is 0 Å². The molecule has 0 aliphatic rings. The van der Waals surface area contributed by atoms with Crippen LogP contribution in [0.5, 0.6) is 5.75 Å². The van der Waals surface area contributed by atoms with E-state index in [0.717, 1.165) is 11.3 Å². The van der Waals surface area contributed by atoms with Crippen molar-refractivity contribution in [2.75, 3.05) is 27.7 Å². The Morgan fingerprint density at radius 2 is 1.86 bits per heavy atom. The van der Waals surface area contributed by atoms with Crippen molar-refractivity contribution in [2.24, 2.45) is 0 Å². The molecule has 0 saturated heterocycles. The molecular weight excluding hydrogens is 368 g/mol. The molecule has 150 valence electrons. The maximum atomic E-state index is 12.7. The first kappa shape index (κ1) is 20.3. The van der Waals surface area contributed by atoms with Gasteiger partial charge in [0.05, 0.1) is 18.8 Å². The third-order valence-corrected chi connectivity index (χ3v) is 4.59. The number of nitrogens with zero attached hydrogens (tertiary/aromatic N) is 3. The lowest BCUT2D eigenvalue weighted by molar-refractivity contribution is 0.0935. The molecule has 0 bridgehead atoms. The molecular formula is C22H24N4O3. The molecule has 0 radical (unpaired) electrons. The zero-order chi connectivity index (χ0) is 20.8. The number of amides is 1. The molecule has 2 aromatic carbocycles. The van der Waals surface area contributed by atoms with Gasteiger partial charge in [-0.1, -0.05) is 30.3 Å². The Morgan fingerprint density at radius 1 is 1.10 bits per heavy atom. The number of rotatable bonds is 7. The van der Waals surface area contributed by atoms with Crippen molar-refractivity contribution in [3.8, 4) is 11.4 Å². The van der Waals surface area contributed by atoms with Crippen LogP contribution < -0.4 is 15.6 Å². The molecule has 3 aromatic rings. The predicted molar refractivity (Wildman–Crippen MR) is 112 cm³/mol. The number of ether oxygens (including phenoxy) is 1. The van der Waals surface area contributed by atoms with Crippen LogP contribution in [0.3, 0.4) is 0 Å². The van der Waals surface area contributed by atoms with E-state index in [-0.39, 0.29) is 23.2 Å². The first-order valence-corrected chi connectivity index (χ1v) is 9.24. The summed E-state index contributed by atoms with van der Waals surface area (Å²) in [6, 6.07) is 19.5. The summed E-state index contributed by atoms with van der Waals surface area (Å²) in [5, 5.41) is 7.14. The van der Waals surface area contributed by atoms with Gasteiger partial charge in [-0.25, -0.2) is 0 Å². The lowest BCUT2D eigenvalue weighted by Crippen LogP contribution is -2.36. The van der Waals surface area contributed by atoms with Gasteiger partial charge in [0.25, 0.3) is 11.5 Å². The van der Waals surface area contributed by atoms with Crippen LogP contribution >= 0.6 is 0 Å². The van der Waals surface area contributed by atoms with Gasteiger partial charge in [0.1, 0.15) is 11.4 Å². The maximum Gasteiger partial charge on any atom is 0.271 e. The molecule has 1 amide bonds. The van der Waals surface area contributed by atoms with Crippen molar-refractivity contribution in [3.05, 3.63) is 88.3 Å². The average Bonchev–Trinajstić information content (AvgIpc) is 2.74. The van der Waals surface area contributed by atoms with Crippen LogP contribution in [0.15, 0.2) is 71.5 Å². The minimum absolute atomic E-state index is 0.0471. The number of para-hydroxylation sites is 1. The predicted octanol–water partition coefficient (Wildman–Crippen LogP) is 2.27. The van der Waals surface area contributed by atoms with Crippen molar-refractivity contribution >= 4 is 5.91 Å². The Morgan fingerprint density at radius 3 is 2.55 bits per heavy atom. The highest BCUT2D eigenvalue weighted by molar-refractivity contribution is 5.92. The number of carbonyl (C=O) groups excluding carboxylic acids is 1. The van der Waals surface area contributed by atoms with Crippen LogP contribution in [-0.4, -0.2) is 48.3 Å². The second-order valence-electron chi connectivity index (χ2n) is 6.77. The number of hydrogen-bond acceptors (Lipinski definition) is 5. The Bertz CT molecular complexity index is 1030. The van der Waals surface area contributed by atoms with E-state index in [2.05, 4.69) is 10.4 Å². The summed E-state index contributed by atoms with van der Waals surface area (Å²) in [6.45, 7) is 0.380. The van der Waals surface area contributed by atoms with Crippen molar-refractivity contribution < 1.29 is 9.53 Å². The molecule has 0 spiro atoms. The molecule has 0 saturated carbocycles. The Kier molecular flexibility index (Phi) is 6.41. The quantitative estimate of drug-likeness (QED) is 0.668. The Balaban J connectivity index is 1.78. The first-order chi connectivity index (χ1) is 14.0. The summed E-state index contributed by atoms with van der Waals surface area (Å²) in [7, 11) is 5.52. The normalized spacial score (nSPS) is 11.9. The average molecular weight is 392 g/mol. The number of benzene rings is 2. The lowest BCUT2D eigenvalue weighted by atomic mass is 10.1. The summed E-state index contributed by atoms with van der Waals surface area (Å²) in [5.41, 5.74) is 1.51. The van der Waals surface area contributed by atoms with Crippen LogP contribution in [0.25, 0.3) is 5.69 Å². The van der Waals surface area contributed by atoms with E-state index in [4.69, 9.17) is 4.74 Å². The van der Waals surface area contributed by atoms with Crippen molar-refractivity contribution in [2.45, 2.75) is 6.04 Å². The van der Waals surface area contributed by atoms with Crippen LogP contribution in [0, 0.1) is 0 Å². The van der Waals surface area contributed by atoms with Crippen LogP contribution in [0.4, 0.5) is 0 Å². The molecule has 0 aliphatic carbocycles. The van der Waals surface area contributed by atoms with E-state index in [0.29, 0.717) is 12.2 Å². The summed E-state index contributed by atoms with van der Waals surface area (Å²) < 4.78 is 6.52. The van der Waals surface area contributed by atoms with Gasteiger partial charge in [0, 0.05) is 12.6 Å². The van der Waals surface area contributed by atoms with Gasteiger partial charge in [-0.15, -0.1) is 0 Å². The molecule has 7 nitrogen and oxygen atoms in total. The highest BCUT2D eigenvalue weighted by atomic mass is 16.5. The second-order valence-corrected chi connectivity index (χ2v) is 6.77. The van der Waals surface area contributed by atoms with Gasteiger partial charge in [-0.2, -0.15) is 9.78 Å². The number of nitrogens with one attached hydrogen (secondary N) is 1. The standard InChI is InChI=1S/C22H24N4O3/c1-25(2)20(16-8-7-11-18(14-16)29-3)15-23-22(28)19-12-13-21(27)26(24-19)17-9-5-4-6-10-17/h4-14,20H,15H2,1-3H3,(H,23,28). The fourth-order valence-corrected chi connectivity index (χ4v) is 3.01. The highest BCUT2D eigenvalue weighted by Gasteiger charge is 2.18. The number of hydrogen-bond donors (Lipinski definition) is 1. The third-order valence-electron chi connectivity index (χ3n) is 4.59. The second kappa shape index (κ2) is 9.16. The van der Waals surface area contributed by atoms with E-state index >= 15 is 0 Å². The highest BCUT2D eigenvalue weighted by Crippen LogP contribution is 2.22. The van der Waals surface area contributed by atoms with E-state index in [1.807, 2.05) is 61.5 Å². The molecule has 1 N–H and O–H groups in total. The van der Waals surface area contributed by atoms with Crippen molar-refractivity contribution in [1.29, 1.82) is 0 Å². The van der Waals surface area contributed by atoms with E-state index in [9.17, 15) is 9.59 Å². The molecule has 1 unspecified atom stereocenters. The largest absolute Gasteiger partial charge is 0.497 e. The number of carbonyl (C=O) groups is 1. The van der Waals surface area contributed by atoms with Gasteiger partial charge in [-0.3, -0.25) is 9.59 Å². The zero-order valence-electron chi connectivity index (χ0n) is 16.7.